The summed E-state index contributed by atoms with van der Waals surface area (Å²) in [6, 6.07) is 16.9. The van der Waals surface area contributed by atoms with Crippen LogP contribution in [0.2, 0.25) is 0 Å². The second kappa shape index (κ2) is 7.51. The lowest BCUT2D eigenvalue weighted by atomic mass is 9.97. The molecule has 0 aromatic heterocycles. The first-order valence-electron chi connectivity index (χ1n) is 8.37. The fourth-order valence-corrected chi connectivity index (χ4v) is 3.39. The third-order valence-corrected chi connectivity index (χ3v) is 4.48. The minimum Gasteiger partial charge on any atom is -0.493 e. The molecule has 122 valence electrons. The van der Waals surface area contributed by atoms with Crippen molar-refractivity contribution < 1.29 is 9.47 Å². The standard InChI is InChI=1S/C20H25NO2/c1-3-23-20-18(10-7-11-19(20)22-2)17-12-13-21(15-17)14-16-8-5-4-6-9-16/h4-11,17H,3,12-15H2,1-2H3. The second-order valence-corrected chi connectivity index (χ2v) is 6.02. The summed E-state index contributed by atoms with van der Waals surface area (Å²) in [5, 5.41) is 0. The monoisotopic (exact) mass is 311 g/mol. The first-order valence-corrected chi connectivity index (χ1v) is 8.37. The van der Waals surface area contributed by atoms with Gasteiger partial charge in [0.25, 0.3) is 0 Å². The van der Waals surface area contributed by atoms with Gasteiger partial charge in [-0.3, -0.25) is 4.90 Å². The predicted molar refractivity (Wildman–Crippen MR) is 93.2 cm³/mol. The highest BCUT2D eigenvalue weighted by molar-refractivity contribution is 5.48. The normalized spacial score (nSPS) is 18.1. The maximum absolute atomic E-state index is 5.88. The molecule has 23 heavy (non-hydrogen) atoms. The molecule has 0 spiro atoms. The molecule has 3 rings (SSSR count). The molecule has 0 N–H and O–H groups in total. The average molecular weight is 311 g/mol. The SMILES string of the molecule is CCOc1c(OC)cccc1C1CCN(Cc2ccccc2)C1. The van der Waals surface area contributed by atoms with Crippen molar-refractivity contribution in [2.45, 2.75) is 25.8 Å². The molecule has 1 unspecified atom stereocenters. The van der Waals surface area contributed by atoms with E-state index < -0.39 is 0 Å². The van der Waals surface area contributed by atoms with Gasteiger partial charge >= 0.3 is 0 Å². The van der Waals surface area contributed by atoms with Crippen LogP contribution in [-0.4, -0.2) is 31.7 Å². The lowest BCUT2D eigenvalue weighted by Crippen LogP contribution is -2.19. The fraction of sp³-hybridized carbons (Fsp3) is 0.400. The molecule has 2 aromatic carbocycles. The molecule has 1 heterocycles. The Hall–Kier alpha value is -2.00. The summed E-state index contributed by atoms with van der Waals surface area (Å²) >= 11 is 0. The molecular weight excluding hydrogens is 286 g/mol. The van der Waals surface area contributed by atoms with Crippen LogP contribution >= 0.6 is 0 Å². The number of hydrogen-bond acceptors (Lipinski definition) is 3. The molecule has 1 aliphatic rings. The lowest BCUT2D eigenvalue weighted by molar-refractivity contribution is 0.302. The van der Waals surface area contributed by atoms with Crippen LogP contribution < -0.4 is 9.47 Å². The van der Waals surface area contributed by atoms with Crippen molar-refractivity contribution in [3.05, 3.63) is 59.7 Å². The number of methoxy groups -OCH3 is 1. The first kappa shape index (κ1) is 15.9. The Bertz CT molecular complexity index is 627. The Morgan fingerprint density at radius 2 is 1.91 bits per heavy atom. The summed E-state index contributed by atoms with van der Waals surface area (Å²) < 4.78 is 11.4. The van der Waals surface area contributed by atoms with Gasteiger partial charge in [0.1, 0.15) is 0 Å². The summed E-state index contributed by atoms with van der Waals surface area (Å²) in [7, 11) is 1.71. The van der Waals surface area contributed by atoms with E-state index >= 15 is 0 Å². The average Bonchev–Trinajstić information content (AvgIpc) is 3.04. The van der Waals surface area contributed by atoms with Crippen molar-refractivity contribution >= 4 is 0 Å². The lowest BCUT2D eigenvalue weighted by Gasteiger charge is -2.19. The van der Waals surface area contributed by atoms with Gasteiger partial charge in [-0.05, 0) is 31.5 Å². The van der Waals surface area contributed by atoms with Crippen LogP contribution in [0.4, 0.5) is 0 Å². The Morgan fingerprint density at radius 3 is 2.65 bits per heavy atom. The van der Waals surface area contributed by atoms with Crippen LogP contribution in [0.25, 0.3) is 0 Å². The predicted octanol–water partition coefficient (Wildman–Crippen LogP) is 4.08. The number of para-hydroxylation sites is 1. The van der Waals surface area contributed by atoms with Crippen LogP contribution in [0.1, 0.15) is 30.4 Å². The molecular formula is C20H25NO2. The Balaban J connectivity index is 1.74. The van der Waals surface area contributed by atoms with E-state index in [9.17, 15) is 0 Å². The van der Waals surface area contributed by atoms with Crippen molar-refractivity contribution in [3.63, 3.8) is 0 Å². The van der Waals surface area contributed by atoms with Crippen molar-refractivity contribution in [3.8, 4) is 11.5 Å². The van der Waals surface area contributed by atoms with Gasteiger partial charge in [-0.25, -0.2) is 0 Å². The molecule has 1 aliphatic heterocycles. The van der Waals surface area contributed by atoms with Gasteiger partial charge in [-0.2, -0.15) is 0 Å². The summed E-state index contributed by atoms with van der Waals surface area (Å²) in [5.74, 6) is 2.27. The van der Waals surface area contributed by atoms with E-state index in [1.807, 2.05) is 13.0 Å². The molecule has 0 saturated carbocycles. The van der Waals surface area contributed by atoms with E-state index in [1.165, 1.54) is 17.5 Å². The van der Waals surface area contributed by atoms with Crippen molar-refractivity contribution in [1.82, 2.24) is 4.90 Å². The van der Waals surface area contributed by atoms with Gasteiger partial charge in [0.15, 0.2) is 11.5 Å². The van der Waals surface area contributed by atoms with Crippen LogP contribution in [0.3, 0.4) is 0 Å². The zero-order valence-electron chi connectivity index (χ0n) is 14.0. The van der Waals surface area contributed by atoms with E-state index in [0.29, 0.717) is 12.5 Å². The first-order chi connectivity index (χ1) is 11.3. The number of ether oxygens (including phenoxy) is 2. The molecule has 0 radical (unpaired) electrons. The summed E-state index contributed by atoms with van der Waals surface area (Å²) in [6.07, 6.45) is 1.17. The molecule has 0 aliphatic carbocycles. The Kier molecular flexibility index (Phi) is 5.19. The topological polar surface area (TPSA) is 21.7 Å². The summed E-state index contributed by atoms with van der Waals surface area (Å²) in [5.41, 5.74) is 2.66. The highest BCUT2D eigenvalue weighted by Crippen LogP contribution is 2.39. The van der Waals surface area contributed by atoms with E-state index in [2.05, 4.69) is 47.4 Å². The van der Waals surface area contributed by atoms with Crippen molar-refractivity contribution in [2.24, 2.45) is 0 Å². The van der Waals surface area contributed by atoms with Gasteiger partial charge in [0.05, 0.1) is 13.7 Å². The van der Waals surface area contributed by atoms with Gasteiger partial charge in [-0.15, -0.1) is 0 Å². The molecule has 2 aromatic rings. The minimum atomic E-state index is 0.510. The van der Waals surface area contributed by atoms with Crippen LogP contribution in [0.15, 0.2) is 48.5 Å². The minimum absolute atomic E-state index is 0.510. The smallest absolute Gasteiger partial charge is 0.164 e. The third kappa shape index (κ3) is 3.67. The van der Waals surface area contributed by atoms with Gasteiger partial charge in [-0.1, -0.05) is 42.5 Å². The third-order valence-electron chi connectivity index (χ3n) is 4.48. The van der Waals surface area contributed by atoms with E-state index in [-0.39, 0.29) is 0 Å². The largest absolute Gasteiger partial charge is 0.493 e. The van der Waals surface area contributed by atoms with Crippen LogP contribution in [0, 0.1) is 0 Å². The van der Waals surface area contributed by atoms with Crippen molar-refractivity contribution in [2.75, 3.05) is 26.8 Å². The van der Waals surface area contributed by atoms with E-state index in [1.54, 1.807) is 7.11 Å². The second-order valence-electron chi connectivity index (χ2n) is 6.02. The highest BCUT2D eigenvalue weighted by Gasteiger charge is 2.27. The molecule has 1 atom stereocenters. The highest BCUT2D eigenvalue weighted by atomic mass is 16.5. The van der Waals surface area contributed by atoms with Gasteiger partial charge in [0.2, 0.25) is 0 Å². The molecule has 3 nitrogen and oxygen atoms in total. The molecule has 0 amide bonds. The molecule has 3 heteroatoms. The maximum Gasteiger partial charge on any atom is 0.164 e. The zero-order valence-corrected chi connectivity index (χ0v) is 14.0. The van der Waals surface area contributed by atoms with Gasteiger partial charge < -0.3 is 9.47 Å². The zero-order chi connectivity index (χ0) is 16.1. The molecule has 1 fully saturated rings. The summed E-state index contributed by atoms with van der Waals surface area (Å²) in [6.45, 7) is 5.90. The number of benzene rings is 2. The maximum atomic E-state index is 5.88. The van der Waals surface area contributed by atoms with E-state index in [4.69, 9.17) is 9.47 Å². The Labute approximate surface area is 138 Å². The van der Waals surface area contributed by atoms with Crippen molar-refractivity contribution in [1.29, 1.82) is 0 Å². The Morgan fingerprint density at radius 1 is 1.09 bits per heavy atom. The number of hydrogen-bond donors (Lipinski definition) is 0. The van der Waals surface area contributed by atoms with Gasteiger partial charge in [0, 0.05) is 24.6 Å². The number of likely N-dealkylation sites (tertiary alicyclic amines) is 1. The molecule has 1 saturated heterocycles. The summed E-state index contributed by atoms with van der Waals surface area (Å²) in [4.78, 5) is 2.52. The fourth-order valence-electron chi connectivity index (χ4n) is 3.39. The van der Waals surface area contributed by atoms with Crippen LogP contribution in [-0.2, 0) is 6.54 Å². The van der Waals surface area contributed by atoms with Crippen LogP contribution in [0.5, 0.6) is 11.5 Å². The van der Waals surface area contributed by atoms with E-state index in [0.717, 1.165) is 31.1 Å². The molecule has 0 bridgehead atoms. The number of nitrogens with zero attached hydrogens (tertiary/aromatic N) is 1. The quantitative estimate of drug-likeness (QED) is 0.802. The number of rotatable bonds is 6.